The van der Waals surface area contributed by atoms with Crippen molar-refractivity contribution < 1.29 is 15.0 Å². The van der Waals surface area contributed by atoms with Crippen LogP contribution in [0.3, 0.4) is 0 Å². The maximum Gasteiger partial charge on any atom is 0.307 e. The molecule has 3 nitrogen and oxygen atoms in total. The van der Waals surface area contributed by atoms with Gasteiger partial charge < -0.3 is 10.2 Å². The molecular formula is C12H14O3S. The Labute approximate surface area is 98.5 Å². The first kappa shape index (κ1) is 11.5. The van der Waals surface area contributed by atoms with Crippen LogP contribution in [-0.4, -0.2) is 21.4 Å². The van der Waals surface area contributed by atoms with Crippen LogP contribution in [0.1, 0.15) is 18.4 Å². The number of hydrogen-bond acceptors (Lipinski definition) is 3. The zero-order valence-corrected chi connectivity index (χ0v) is 9.61. The SMILES string of the molecule is O=C(O)C1CCC1Sc1ccc(CO)cc1. The third kappa shape index (κ3) is 2.39. The molecule has 2 unspecified atom stereocenters. The Morgan fingerprint density at radius 1 is 1.31 bits per heavy atom. The standard InChI is InChI=1S/C12H14O3S/c13-7-8-1-3-9(4-2-8)16-11-6-5-10(11)12(14)15/h1-4,10-11,13H,5-7H2,(H,14,15). The Hall–Kier alpha value is -1.00. The predicted octanol–water partition coefficient (Wildman–Crippen LogP) is 2.13. The molecule has 0 heterocycles. The van der Waals surface area contributed by atoms with Gasteiger partial charge in [-0.2, -0.15) is 0 Å². The van der Waals surface area contributed by atoms with Crippen molar-refractivity contribution in [1.82, 2.24) is 0 Å². The monoisotopic (exact) mass is 238 g/mol. The summed E-state index contributed by atoms with van der Waals surface area (Å²) >= 11 is 1.62. The number of thioether (sulfide) groups is 1. The molecule has 0 saturated heterocycles. The lowest BCUT2D eigenvalue weighted by Crippen LogP contribution is -2.35. The highest BCUT2D eigenvalue weighted by Gasteiger charge is 2.37. The molecule has 2 rings (SSSR count). The molecule has 86 valence electrons. The fourth-order valence-corrected chi connectivity index (χ4v) is 3.05. The van der Waals surface area contributed by atoms with E-state index in [0.29, 0.717) is 0 Å². The first-order valence-electron chi connectivity index (χ1n) is 5.30. The molecule has 0 spiro atoms. The molecule has 0 bridgehead atoms. The summed E-state index contributed by atoms with van der Waals surface area (Å²) in [5.74, 6) is -0.877. The number of rotatable bonds is 4. The summed E-state index contributed by atoms with van der Waals surface area (Å²) in [6.45, 7) is 0.0477. The average molecular weight is 238 g/mol. The predicted molar refractivity (Wildman–Crippen MR) is 62.4 cm³/mol. The minimum absolute atomic E-state index is 0.0477. The number of hydrogen-bond donors (Lipinski definition) is 2. The van der Waals surface area contributed by atoms with Crippen molar-refractivity contribution >= 4 is 17.7 Å². The van der Waals surface area contributed by atoms with Crippen LogP contribution in [0.2, 0.25) is 0 Å². The summed E-state index contributed by atoms with van der Waals surface area (Å²) in [6, 6.07) is 7.62. The lowest BCUT2D eigenvalue weighted by Gasteiger charge is -2.32. The van der Waals surface area contributed by atoms with Gasteiger partial charge in [0.1, 0.15) is 0 Å². The summed E-state index contributed by atoms with van der Waals surface area (Å²) < 4.78 is 0. The summed E-state index contributed by atoms with van der Waals surface area (Å²) in [5, 5.41) is 18.0. The molecule has 2 atom stereocenters. The molecule has 1 aromatic rings. The van der Waals surface area contributed by atoms with E-state index in [9.17, 15) is 4.79 Å². The van der Waals surface area contributed by atoms with E-state index in [-0.39, 0.29) is 17.8 Å². The lowest BCUT2D eigenvalue weighted by molar-refractivity contribution is -0.144. The molecule has 2 N–H and O–H groups in total. The number of carboxylic acids is 1. The lowest BCUT2D eigenvalue weighted by atomic mass is 9.85. The van der Waals surface area contributed by atoms with Crippen LogP contribution in [0.25, 0.3) is 0 Å². The van der Waals surface area contributed by atoms with Gasteiger partial charge in [-0.25, -0.2) is 0 Å². The summed E-state index contributed by atoms with van der Waals surface area (Å²) in [5.41, 5.74) is 0.882. The molecule has 1 fully saturated rings. The Kier molecular flexibility index (Phi) is 3.51. The highest BCUT2D eigenvalue weighted by atomic mass is 32.2. The van der Waals surface area contributed by atoms with Crippen LogP contribution in [0, 0.1) is 5.92 Å². The number of carbonyl (C=O) groups is 1. The quantitative estimate of drug-likeness (QED) is 0.843. The van der Waals surface area contributed by atoms with Crippen molar-refractivity contribution in [2.45, 2.75) is 29.6 Å². The van der Waals surface area contributed by atoms with Gasteiger partial charge in [-0.1, -0.05) is 12.1 Å². The molecule has 1 aliphatic carbocycles. The van der Waals surface area contributed by atoms with E-state index in [2.05, 4.69) is 0 Å². The van der Waals surface area contributed by atoms with Gasteiger partial charge in [0.25, 0.3) is 0 Å². The number of aliphatic hydroxyl groups is 1. The molecular weight excluding hydrogens is 224 g/mol. The zero-order chi connectivity index (χ0) is 11.5. The first-order chi connectivity index (χ1) is 7.70. The summed E-state index contributed by atoms with van der Waals surface area (Å²) in [4.78, 5) is 11.9. The van der Waals surface area contributed by atoms with E-state index in [1.807, 2.05) is 24.3 Å². The average Bonchev–Trinajstić information content (AvgIpc) is 2.24. The number of carboxylic acid groups (broad SMARTS) is 1. The topological polar surface area (TPSA) is 57.5 Å². The number of aliphatic carboxylic acids is 1. The highest BCUT2D eigenvalue weighted by molar-refractivity contribution is 8.00. The normalized spacial score (nSPS) is 23.8. The van der Waals surface area contributed by atoms with Gasteiger partial charge in [-0.3, -0.25) is 4.79 Å². The highest BCUT2D eigenvalue weighted by Crippen LogP contribution is 2.41. The van der Waals surface area contributed by atoms with Gasteiger partial charge in [-0.15, -0.1) is 11.8 Å². The van der Waals surface area contributed by atoms with E-state index in [1.54, 1.807) is 11.8 Å². The first-order valence-corrected chi connectivity index (χ1v) is 6.18. The zero-order valence-electron chi connectivity index (χ0n) is 8.80. The molecule has 1 aliphatic rings. The Bertz CT molecular complexity index is 374. The van der Waals surface area contributed by atoms with Gasteiger partial charge in [-0.05, 0) is 30.5 Å². The van der Waals surface area contributed by atoms with E-state index in [1.165, 1.54) is 0 Å². The van der Waals surface area contributed by atoms with Crippen molar-refractivity contribution in [2.75, 3.05) is 0 Å². The maximum absolute atomic E-state index is 10.8. The smallest absolute Gasteiger partial charge is 0.307 e. The van der Waals surface area contributed by atoms with Crippen LogP contribution >= 0.6 is 11.8 Å². The van der Waals surface area contributed by atoms with Crippen molar-refractivity contribution in [2.24, 2.45) is 5.92 Å². The number of benzene rings is 1. The van der Waals surface area contributed by atoms with Crippen molar-refractivity contribution in [3.8, 4) is 0 Å². The Balaban J connectivity index is 1.96. The minimum atomic E-state index is -0.685. The van der Waals surface area contributed by atoms with Crippen LogP contribution in [0.4, 0.5) is 0 Å². The van der Waals surface area contributed by atoms with Crippen LogP contribution < -0.4 is 0 Å². The van der Waals surface area contributed by atoms with Gasteiger partial charge in [0.15, 0.2) is 0 Å². The molecule has 0 aromatic heterocycles. The molecule has 1 saturated carbocycles. The summed E-state index contributed by atoms with van der Waals surface area (Å²) in [7, 11) is 0. The molecule has 0 radical (unpaired) electrons. The molecule has 1 aromatic carbocycles. The molecule has 4 heteroatoms. The van der Waals surface area contributed by atoms with Crippen molar-refractivity contribution in [1.29, 1.82) is 0 Å². The van der Waals surface area contributed by atoms with Gasteiger partial charge in [0.2, 0.25) is 0 Å². The molecule has 16 heavy (non-hydrogen) atoms. The largest absolute Gasteiger partial charge is 0.481 e. The number of aliphatic hydroxyl groups excluding tert-OH is 1. The van der Waals surface area contributed by atoms with Crippen LogP contribution in [0.5, 0.6) is 0 Å². The molecule has 0 aliphatic heterocycles. The second-order valence-electron chi connectivity index (χ2n) is 3.98. The van der Waals surface area contributed by atoms with E-state index in [4.69, 9.17) is 10.2 Å². The fraction of sp³-hybridized carbons (Fsp3) is 0.417. The second-order valence-corrected chi connectivity index (χ2v) is 5.29. The maximum atomic E-state index is 10.8. The fourth-order valence-electron chi connectivity index (χ4n) is 1.74. The third-order valence-corrected chi connectivity index (χ3v) is 4.33. The van der Waals surface area contributed by atoms with Crippen molar-refractivity contribution in [3.63, 3.8) is 0 Å². The second kappa shape index (κ2) is 4.89. The van der Waals surface area contributed by atoms with E-state index >= 15 is 0 Å². The van der Waals surface area contributed by atoms with Crippen LogP contribution in [-0.2, 0) is 11.4 Å². The Morgan fingerprint density at radius 2 is 2.00 bits per heavy atom. The van der Waals surface area contributed by atoms with E-state index < -0.39 is 5.97 Å². The summed E-state index contributed by atoms with van der Waals surface area (Å²) in [6.07, 6.45) is 1.77. The molecule has 0 amide bonds. The van der Waals surface area contributed by atoms with Gasteiger partial charge in [0.05, 0.1) is 12.5 Å². The van der Waals surface area contributed by atoms with Crippen molar-refractivity contribution in [3.05, 3.63) is 29.8 Å². The minimum Gasteiger partial charge on any atom is -0.481 e. The Morgan fingerprint density at radius 3 is 2.44 bits per heavy atom. The third-order valence-electron chi connectivity index (χ3n) is 2.92. The van der Waals surface area contributed by atoms with Gasteiger partial charge >= 0.3 is 5.97 Å². The van der Waals surface area contributed by atoms with E-state index in [0.717, 1.165) is 23.3 Å². The van der Waals surface area contributed by atoms with Gasteiger partial charge in [0, 0.05) is 10.1 Å². The van der Waals surface area contributed by atoms with Crippen LogP contribution in [0.15, 0.2) is 29.2 Å².